The number of benzene rings is 1. The number of rotatable bonds is 4. The average molecular weight is 283 g/mol. The van der Waals surface area contributed by atoms with Crippen LogP contribution >= 0.6 is 0 Å². The Hall–Kier alpha value is -3.14. The second kappa shape index (κ2) is 6.86. The first kappa shape index (κ1) is 14.3. The van der Waals surface area contributed by atoms with Crippen molar-refractivity contribution < 1.29 is 9.53 Å². The monoisotopic (exact) mass is 283 g/mol. The van der Waals surface area contributed by atoms with Crippen LogP contribution in [0.2, 0.25) is 0 Å². The third-order valence-electron chi connectivity index (χ3n) is 2.65. The summed E-state index contributed by atoms with van der Waals surface area (Å²) in [5.74, 6) is 0.441. The number of nitrogens with zero attached hydrogens (tertiary/aromatic N) is 3. The third kappa shape index (κ3) is 3.91. The van der Waals surface area contributed by atoms with Gasteiger partial charge in [-0.3, -0.25) is 5.32 Å². The van der Waals surface area contributed by atoms with Crippen LogP contribution in [0.15, 0.2) is 36.7 Å². The Morgan fingerprint density at radius 2 is 2.00 bits per heavy atom. The minimum absolute atomic E-state index is 0.251. The molecule has 0 aliphatic heterocycles. The number of nitriles is 1. The van der Waals surface area contributed by atoms with Gasteiger partial charge in [-0.25, -0.2) is 14.8 Å². The minimum Gasteiger partial charge on any atom is -0.453 e. The van der Waals surface area contributed by atoms with E-state index in [1.165, 1.54) is 19.5 Å². The standard InChI is InChI=1S/C14H13N5O2/c1-21-14(20)19-11-4-2-10(3-5-11)9-18-13-12(8-15)16-6-7-17-13/h2-7H,9H2,1H3,(H,17,18)(H,19,20). The van der Waals surface area contributed by atoms with Crippen molar-refractivity contribution in [1.29, 1.82) is 5.26 Å². The molecule has 0 unspecified atom stereocenters. The summed E-state index contributed by atoms with van der Waals surface area (Å²) >= 11 is 0. The van der Waals surface area contributed by atoms with Gasteiger partial charge in [-0.1, -0.05) is 12.1 Å². The van der Waals surface area contributed by atoms with Crippen molar-refractivity contribution in [2.45, 2.75) is 6.54 Å². The zero-order valence-electron chi connectivity index (χ0n) is 11.3. The molecule has 106 valence electrons. The van der Waals surface area contributed by atoms with E-state index in [1.54, 1.807) is 12.1 Å². The van der Waals surface area contributed by atoms with Crippen LogP contribution in [0.25, 0.3) is 0 Å². The second-order valence-corrected chi connectivity index (χ2v) is 4.03. The lowest BCUT2D eigenvalue weighted by molar-refractivity contribution is 0.187. The molecule has 7 heteroatoms. The summed E-state index contributed by atoms with van der Waals surface area (Å²) in [4.78, 5) is 19.0. The molecule has 2 rings (SSSR count). The van der Waals surface area contributed by atoms with Gasteiger partial charge in [0, 0.05) is 24.6 Å². The Kier molecular flexibility index (Phi) is 4.66. The van der Waals surface area contributed by atoms with Gasteiger partial charge in [-0.05, 0) is 17.7 Å². The molecule has 1 amide bonds. The summed E-state index contributed by atoms with van der Waals surface area (Å²) in [6.07, 6.45) is 2.47. The maximum atomic E-state index is 11.1. The van der Waals surface area contributed by atoms with Gasteiger partial charge in [0.25, 0.3) is 0 Å². The van der Waals surface area contributed by atoms with E-state index in [9.17, 15) is 4.79 Å². The first-order valence-electron chi connectivity index (χ1n) is 6.12. The molecule has 0 atom stereocenters. The topological polar surface area (TPSA) is 99.9 Å². The van der Waals surface area contributed by atoms with E-state index in [4.69, 9.17) is 5.26 Å². The van der Waals surface area contributed by atoms with E-state index in [-0.39, 0.29) is 5.69 Å². The number of hydrogen-bond donors (Lipinski definition) is 2. The highest BCUT2D eigenvalue weighted by Gasteiger charge is 2.04. The number of methoxy groups -OCH3 is 1. The Morgan fingerprint density at radius 3 is 2.67 bits per heavy atom. The highest BCUT2D eigenvalue weighted by Crippen LogP contribution is 2.12. The summed E-state index contributed by atoms with van der Waals surface area (Å²) in [6, 6.07) is 9.19. The van der Waals surface area contributed by atoms with Crippen LogP contribution in [0.4, 0.5) is 16.3 Å². The number of carbonyl (C=O) groups is 1. The summed E-state index contributed by atoms with van der Waals surface area (Å²) in [7, 11) is 1.31. The van der Waals surface area contributed by atoms with Crippen molar-refractivity contribution in [2.75, 3.05) is 17.7 Å². The molecule has 7 nitrogen and oxygen atoms in total. The van der Waals surface area contributed by atoms with Crippen molar-refractivity contribution >= 4 is 17.6 Å². The van der Waals surface area contributed by atoms with Crippen LogP contribution in [0, 0.1) is 11.3 Å². The fourth-order valence-corrected chi connectivity index (χ4v) is 1.61. The van der Waals surface area contributed by atoms with Crippen LogP contribution in [0.3, 0.4) is 0 Å². The van der Waals surface area contributed by atoms with Crippen molar-refractivity contribution in [3.8, 4) is 6.07 Å². The molecule has 0 bridgehead atoms. The fourth-order valence-electron chi connectivity index (χ4n) is 1.61. The number of amides is 1. The molecule has 1 heterocycles. The lowest BCUT2D eigenvalue weighted by Crippen LogP contribution is -2.11. The van der Waals surface area contributed by atoms with Crippen molar-refractivity contribution in [3.63, 3.8) is 0 Å². The number of aromatic nitrogens is 2. The molecule has 0 saturated heterocycles. The second-order valence-electron chi connectivity index (χ2n) is 4.03. The fraction of sp³-hybridized carbons (Fsp3) is 0.143. The summed E-state index contributed by atoms with van der Waals surface area (Å²) in [5, 5.41) is 14.5. The van der Waals surface area contributed by atoms with Gasteiger partial charge >= 0.3 is 6.09 Å². The van der Waals surface area contributed by atoms with Crippen LogP contribution in [-0.2, 0) is 11.3 Å². The van der Waals surface area contributed by atoms with E-state index >= 15 is 0 Å². The Morgan fingerprint density at radius 1 is 1.29 bits per heavy atom. The van der Waals surface area contributed by atoms with Crippen molar-refractivity contribution in [3.05, 3.63) is 47.9 Å². The minimum atomic E-state index is -0.515. The first-order valence-corrected chi connectivity index (χ1v) is 6.12. The lowest BCUT2D eigenvalue weighted by Gasteiger charge is -2.08. The molecule has 0 aliphatic carbocycles. The summed E-state index contributed by atoms with van der Waals surface area (Å²) in [6.45, 7) is 0.492. The predicted molar refractivity (Wildman–Crippen MR) is 76.5 cm³/mol. The molecule has 21 heavy (non-hydrogen) atoms. The van der Waals surface area contributed by atoms with Gasteiger partial charge < -0.3 is 10.1 Å². The lowest BCUT2D eigenvalue weighted by atomic mass is 10.2. The maximum Gasteiger partial charge on any atom is 0.411 e. The average Bonchev–Trinajstić information content (AvgIpc) is 2.54. The number of nitrogens with one attached hydrogen (secondary N) is 2. The zero-order valence-corrected chi connectivity index (χ0v) is 11.3. The van der Waals surface area contributed by atoms with Crippen LogP contribution in [0.5, 0.6) is 0 Å². The van der Waals surface area contributed by atoms with E-state index in [2.05, 4.69) is 25.3 Å². The highest BCUT2D eigenvalue weighted by molar-refractivity contribution is 5.84. The van der Waals surface area contributed by atoms with Gasteiger partial charge in [0.05, 0.1) is 7.11 Å². The van der Waals surface area contributed by atoms with Gasteiger partial charge in [0.15, 0.2) is 11.5 Å². The van der Waals surface area contributed by atoms with Crippen LogP contribution in [0.1, 0.15) is 11.3 Å². The Labute approximate surface area is 121 Å². The zero-order chi connectivity index (χ0) is 15.1. The molecular weight excluding hydrogens is 270 g/mol. The van der Waals surface area contributed by atoms with Crippen LogP contribution in [-0.4, -0.2) is 23.2 Å². The molecule has 0 fully saturated rings. The molecular formula is C14H13N5O2. The number of carbonyl (C=O) groups excluding carboxylic acids is 1. The molecule has 0 saturated carbocycles. The van der Waals surface area contributed by atoms with E-state index in [0.717, 1.165) is 5.56 Å². The third-order valence-corrected chi connectivity index (χ3v) is 2.65. The van der Waals surface area contributed by atoms with Gasteiger partial charge in [-0.2, -0.15) is 5.26 Å². The smallest absolute Gasteiger partial charge is 0.411 e. The molecule has 1 aromatic carbocycles. The first-order chi connectivity index (χ1) is 10.2. The summed E-state index contributed by atoms with van der Waals surface area (Å²) < 4.78 is 4.51. The van der Waals surface area contributed by atoms with E-state index in [1.807, 2.05) is 18.2 Å². The predicted octanol–water partition coefficient (Wildman–Crippen LogP) is 2.14. The number of ether oxygens (including phenoxy) is 1. The maximum absolute atomic E-state index is 11.1. The van der Waals surface area contributed by atoms with E-state index in [0.29, 0.717) is 18.1 Å². The summed E-state index contributed by atoms with van der Waals surface area (Å²) in [5.41, 5.74) is 1.87. The Bertz CT molecular complexity index is 664. The normalized spacial score (nSPS) is 9.52. The van der Waals surface area contributed by atoms with E-state index < -0.39 is 6.09 Å². The molecule has 1 aromatic heterocycles. The SMILES string of the molecule is COC(=O)Nc1ccc(CNc2nccnc2C#N)cc1. The molecule has 0 radical (unpaired) electrons. The van der Waals surface area contributed by atoms with Gasteiger partial charge in [0.1, 0.15) is 6.07 Å². The van der Waals surface area contributed by atoms with Gasteiger partial charge in [-0.15, -0.1) is 0 Å². The molecule has 2 aromatic rings. The van der Waals surface area contributed by atoms with Crippen molar-refractivity contribution in [1.82, 2.24) is 9.97 Å². The number of anilines is 2. The largest absolute Gasteiger partial charge is 0.453 e. The van der Waals surface area contributed by atoms with Crippen molar-refractivity contribution in [2.24, 2.45) is 0 Å². The Balaban J connectivity index is 1.98. The highest BCUT2D eigenvalue weighted by atomic mass is 16.5. The van der Waals surface area contributed by atoms with Gasteiger partial charge in [0.2, 0.25) is 0 Å². The molecule has 2 N–H and O–H groups in total. The quantitative estimate of drug-likeness (QED) is 0.891. The molecule has 0 aliphatic rings. The molecule has 0 spiro atoms. The number of hydrogen-bond acceptors (Lipinski definition) is 6. The van der Waals surface area contributed by atoms with Crippen LogP contribution < -0.4 is 10.6 Å².